The van der Waals surface area contributed by atoms with Gasteiger partial charge >= 0.3 is 5.69 Å². The molecule has 1 aliphatic carbocycles. The summed E-state index contributed by atoms with van der Waals surface area (Å²) in [5.41, 5.74) is -0.338. The number of nitrogens with zero attached hydrogens (tertiary/aromatic N) is 4. The largest absolute Gasteiger partial charge is 0.341 e. The molecule has 0 saturated heterocycles. The Bertz CT molecular complexity index is 2040. The van der Waals surface area contributed by atoms with Gasteiger partial charge in [0.05, 0.1) is 29.4 Å². The molecule has 6 rings (SSSR count). The van der Waals surface area contributed by atoms with E-state index in [2.05, 4.69) is 20.6 Å². The van der Waals surface area contributed by atoms with Crippen molar-refractivity contribution in [1.29, 1.82) is 0 Å². The number of amides is 1. The summed E-state index contributed by atoms with van der Waals surface area (Å²) in [6.45, 7) is 1.54. The number of rotatable bonds is 6. The lowest BCUT2D eigenvalue weighted by Crippen LogP contribution is -2.41. The van der Waals surface area contributed by atoms with Crippen LogP contribution in [0.15, 0.2) is 69.4 Å². The number of fused-ring (bicyclic) bond motifs is 1. The molecule has 3 heterocycles. The van der Waals surface area contributed by atoms with Crippen molar-refractivity contribution in [2.24, 2.45) is 7.05 Å². The molecule has 3 aromatic heterocycles. The second-order valence-corrected chi connectivity index (χ2v) is 11.1. The van der Waals surface area contributed by atoms with Gasteiger partial charge in [0.25, 0.3) is 17.0 Å². The third-order valence-corrected chi connectivity index (χ3v) is 7.72. The second kappa shape index (κ2) is 10.1. The van der Waals surface area contributed by atoms with Gasteiger partial charge in [0, 0.05) is 27.9 Å². The molecule has 11 nitrogen and oxygen atoms in total. The Morgan fingerprint density at radius 3 is 2.59 bits per heavy atom. The zero-order valence-electron chi connectivity index (χ0n) is 21.9. The van der Waals surface area contributed by atoms with Crippen LogP contribution in [-0.4, -0.2) is 29.6 Å². The predicted octanol–water partition coefficient (Wildman–Crippen LogP) is 3.96. The van der Waals surface area contributed by atoms with Crippen LogP contribution >= 0.6 is 22.6 Å². The van der Waals surface area contributed by atoms with Gasteiger partial charge in [-0.2, -0.15) is 0 Å². The topological polar surface area (TPSA) is 136 Å². The summed E-state index contributed by atoms with van der Waals surface area (Å²) in [6, 6.07) is 10.8. The molecule has 13 heteroatoms. The van der Waals surface area contributed by atoms with Crippen molar-refractivity contribution in [2.75, 3.05) is 10.6 Å². The van der Waals surface area contributed by atoms with Gasteiger partial charge in [-0.15, -0.1) is 0 Å². The number of anilines is 3. The van der Waals surface area contributed by atoms with Gasteiger partial charge in [-0.1, -0.05) is 6.07 Å². The molecule has 0 aliphatic heterocycles. The summed E-state index contributed by atoms with van der Waals surface area (Å²) in [7, 11) is 1.49. The fraction of sp³-hybridized carbons (Fsp3) is 0.179. The van der Waals surface area contributed by atoms with Crippen LogP contribution in [0.2, 0.25) is 0 Å². The molecule has 0 radical (unpaired) electrons. The van der Waals surface area contributed by atoms with Crippen molar-refractivity contribution in [3.05, 3.63) is 107 Å². The fourth-order valence-electron chi connectivity index (χ4n) is 4.87. The highest BCUT2D eigenvalue weighted by atomic mass is 127. The van der Waals surface area contributed by atoms with Crippen LogP contribution in [0.3, 0.4) is 0 Å². The molecule has 1 aliphatic rings. The van der Waals surface area contributed by atoms with E-state index in [4.69, 9.17) is 0 Å². The van der Waals surface area contributed by atoms with Crippen molar-refractivity contribution >= 4 is 56.6 Å². The molecule has 0 spiro atoms. The van der Waals surface area contributed by atoms with Gasteiger partial charge in [-0.25, -0.2) is 14.2 Å². The van der Waals surface area contributed by atoms with Crippen molar-refractivity contribution in [2.45, 2.75) is 25.8 Å². The number of hydrogen-bond donors (Lipinski definition) is 3. The average molecular weight is 667 g/mol. The van der Waals surface area contributed by atoms with Gasteiger partial charge in [0.15, 0.2) is 0 Å². The van der Waals surface area contributed by atoms with Crippen LogP contribution in [0.5, 0.6) is 0 Å². The van der Waals surface area contributed by atoms with E-state index in [1.165, 1.54) is 45.4 Å². The normalized spacial score (nSPS) is 13.0. The maximum Gasteiger partial charge on any atom is 0.336 e. The Hall–Kier alpha value is -4.53. The fourth-order valence-corrected chi connectivity index (χ4v) is 5.33. The Kier molecular flexibility index (Phi) is 6.60. The molecule has 41 heavy (non-hydrogen) atoms. The second-order valence-electron chi connectivity index (χ2n) is 9.80. The van der Waals surface area contributed by atoms with Gasteiger partial charge < -0.3 is 15.6 Å². The molecular weight excluding hydrogens is 644 g/mol. The van der Waals surface area contributed by atoms with E-state index in [-0.39, 0.29) is 39.7 Å². The number of pyridine rings is 1. The van der Waals surface area contributed by atoms with Crippen molar-refractivity contribution in [3.63, 3.8) is 0 Å². The van der Waals surface area contributed by atoms with Crippen molar-refractivity contribution in [1.82, 2.24) is 23.7 Å². The Labute approximate surface area is 244 Å². The van der Waals surface area contributed by atoms with E-state index in [1.807, 2.05) is 22.6 Å². The number of benzene rings is 2. The molecule has 2 aromatic carbocycles. The Morgan fingerprint density at radius 1 is 1.12 bits per heavy atom. The van der Waals surface area contributed by atoms with Crippen molar-refractivity contribution in [3.8, 4) is 5.69 Å². The van der Waals surface area contributed by atoms with E-state index in [1.54, 1.807) is 37.3 Å². The number of aryl methyl sites for hydroxylation is 1. The number of halogens is 2. The molecule has 1 amide bonds. The molecule has 3 N–H and O–H groups in total. The number of aromatic amines is 1. The highest BCUT2D eigenvalue weighted by molar-refractivity contribution is 14.1. The van der Waals surface area contributed by atoms with Crippen LogP contribution < -0.4 is 27.4 Å². The summed E-state index contributed by atoms with van der Waals surface area (Å²) < 4.78 is 19.3. The van der Waals surface area contributed by atoms with Gasteiger partial charge in [0.1, 0.15) is 22.7 Å². The lowest BCUT2D eigenvalue weighted by Gasteiger charge is -2.21. The monoisotopic (exact) mass is 667 g/mol. The summed E-state index contributed by atoms with van der Waals surface area (Å²) in [4.78, 5) is 60.6. The van der Waals surface area contributed by atoms with E-state index >= 15 is 0 Å². The highest BCUT2D eigenvalue weighted by Crippen LogP contribution is 2.34. The smallest absolute Gasteiger partial charge is 0.336 e. The first-order chi connectivity index (χ1) is 19.7. The Balaban J connectivity index is 1.62. The third-order valence-electron chi connectivity index (χ3n) is 7.04. The molecule has 5 aromatic rings. The predicted molar refractivity (Wildman–Crippen MR) is 161 cm³/mol. The van der Waals surface area contributed by atoms with E-state index in [0.29, 0.717) is 27.8 Å². The van der Waals surface area contributed by atoms with Crippen LogP contribution in [-0.2, 0) is 7.05 Å². The van der Waals surface area contributed by atoms with E-state index < -0.39 is 28.5 Å². The molecular formula is C28H23FIN7O4. The molecule has 0 bridgehead atoms. The zero-order valence-corrected chi connectivity index (χ0v) is 24.0. The molecule has 208 valence electrons. The first kappa shape index (κ1) is 26.7. The minimum absolute atomic E-state index is 0.0626. The molecule has 1 fully saturated rings. The number of imidazole rings is 1. The summed E-state index contributed by atoms with van der Waals surface area (Å²) >= 11 is 1.99. The lowest BCUT2D eigenvalue weighted by molar-refractivity contribution is 0.102. The van der Waals surface area contributed by atoms with Gasteiger partial charge in [0.2, 0.25) is 0 Å². The third kappa shape index (κ3) is 4.65. The van der Waals surface area contributed by atoms with Crippen LogP contribution in [0.4, 0.5) is 21.6 Å². The standard InChI is InChI=1S/C28H23FIN7O4/c1-14-23-22(24(35(2)26(14)39)34-20-9-6-15(30)10-19(20)29)27(40)37(17-7-8-17)28(41)36(23)18-5-3-4-16(11-18)33-25(38)21-12-31-13-32-21/h3-6,9-13,17,34H,7-8H2,1-2H3,(H,31,32)(H,33,38). The molecule has 0 atom stereocenters. The highest BCUT2D eigenvalue weighted by Gasteiger charge is 2.31. The number of H-pyrrole nitrogens is 1. The van der Waals surface area contributed by atoms with Gasteiger partial charge in [-0.3, -0.25) is 28.1 Å². The number of hydrogen-bond acceptors (Lipinski definition) is 6. The minimum atomic E-state index is -0.607. The van der Waals surface area contributed by atoms with E-state index in [9.17, 15) is 23.6 Å². The summed E-state index contributed by atoms with van der Waals surface area (Å²) in [5.74, 6) is -0.932. The maximum atomic E-state index is 14.9. The Morgan fingerprint density at radius 2 is 1.90 bits per heavy atom. The zero-order chi connectivity index (χ0) is 29.0. The first-order valence-corrected chi connectivity index (χ1v) is 13.8. The lowest BCUT2D eigenvalue weighted by atomic mass is 10.1. The molecule has 0 unspecified atom stereocenters. The van der Waals surface area contributed by atoms with Crippen LogP contribution in [0.25, 0.3) is 16.6 Å². The van der Waals surface area contributed by atoms with Crippen LogP contribution in [0.1, 0.15) is 34.9 Å². The minimum Gasteiger partial charge on any atom is -0.341 e. The summed E-state index contributed by atoms with van der Waals surface area (Å²) in [6.07, 6.45) is 4.07. The van der Waals surface area contributed by atoms with Gasteiger partial charge in [-0.05, 0) is 78.8 Å². The average Bonchev–Trinajstić information content (AvgIpc) is 3.61. The number of carbonyl (C=O) groups excluding carboxylic acids is 1. The maximum absolute atomic E-state index is 14.9. The summed E-state index contributed by atoms with van der Waals surface area (Å²) in [5, 5.41) is 5.78. The molecule has 1 saturated carbocycles. The van der Waals surface area contributed by atoms with Crippen molar-refractivity contribution < 1.29 is 9.18 Å². The number of aromatic nitrogens is 5. The number of carbonyl (C=O) groups is 1. The SMILES string of the molecule is Cc1c(=O)n(C)c(Nc2ccc(I)cc2F)c2c(=O)n(C3CC3)c(=O)n(-c3cccc(NC(=O)c4cnc[nH]4)c3)c12. The quantitative estimate of drug-likeness (QED) is 0.235. The number of nitrogens with one attached hydrogen (secondary N) is 3. The van der Waals surface area contributed by atoms with E-state index in [0.717, 1.165) is 0 Å². The van der Waals surface area contributed by atoms with Crippen LogP contribution in [0, 0.1) is 16.3 Å². The first-order valence-electron chi connectivity index (χ1n) is 12.7.